The lowest BCUT2D eigenvalue weighted by Crippen LogP contribution is -2.45. The van der Waals surface area contributed by atoms with Gasteiger partial charge in [0.25, 0.3) is 5.91 Å². The van der Waals surface area contributed by atoms with Gasteiger partial charge in [0.1, 0.15) is 24.0 Å². The standard InChI is InChI=1S/C25H34N2O7/c1-6-18(13-15-31-4)23(34-19-10-8-7-9-11-19)17(3)33-25(30)16(2)27-24(29)21-22(28)20(32-5)12-14-26-21/h7-12,14,16-18,23,28H,6,13,15H2,1-5H3,(H,27,29)/t16-,17-,18-,23-/m0/s1. The molecule has 0 aliphatic heterocycles. The van der Waals surface area contributed by atoms with Gasteiger partial charge in [-0.3, -0.25) is 4.79 Å². The Balaban J connectivity index is 2.09. The Kier molecular flexibility index (Phi) is 10.6. The van der Waals surface area contributed by atoms with Crippen LogP contribution in [-0.4, -0.2) is 61.0 Å². The van der Waals surface area contributed by atoms with Gasteiger partial charge in [0.05, 0.1) is 7.11 Å². The van der Waals surface area contributed by atoms with Crippen LogP contribution in [-0.2, 0) is 14.3 Å². The number of carbonyl (C=O) groups excluding carboxylic acids is 2. The summed E-state index contributed by atoms with van der Waals surface area (Å²) in [6, 6.07) is 9.78. The van der Waals surface area contributed by atoms with Crippen LogP contribution >= 0.6 is 0 Å². The van der Waals surface area contributed by atoms with E-state index in [0.717, 1.165) is 12.8 Å². The minimum absolute atomic E-state index is 0.0748. The van der Waals surface area contributed by atoms with Crippen molar-refractivity contribution in [1.82, 2.24) is 10.3 Å². The summed E-state index contributed by atoms with van der Waals surface area (Å²) in [5.74, 6) is -0.912. The van der Waals surface area contributed by atoms with Gasteiger partial charge < -0.3 is 29.4 Å². The highest BCUT2D eigenvalue weighted by molar-refractivity contribution is 5.97. The number of hydrogen-bond donors (Lipinski definition) is 2. The highest BCUT2D eigenvalue weighted by atomic mass is 16.6. The van der Waals surface area contributed by atoms with E-state index in [9.17, 15) is 14.7 Å². The summed E-state index contributed by atoms with van der Waals surface area (Å²) in [6.45, 7) is 5.87. The minimum Gasteiger partial charge on any atom is -0.503 e. The number of ether oxygens (including phenoxy) is 4. The molecule has 0 radical (unpaired) electrons. The van der Waals surface area contributed by atoms with Gasteiger partial charge in [0, 0.05) is 31.9 Å². The number of para-hydroxylation sites is 1. The summed E-state index contributed by atoms with van der Waals surface area (Å²) >= 11 is 0. The van der Waals surface area contributed by atoms with Crippen molar-refractivity contribution in [3.63, 3.8) is 0 Å². The maximum atomic E-state index is 12.8. The molecule has 2 aromatic rings. The lowest BCUT2D eigenvalue weighted by Gasteiger charge is -2.32. The first-order chi connectivity index (χ1) is 16.3. The Morgan fingerprint density at radius 2 is 1.82 bits per heavy atom. The monoisotopic (exact) mass is 474 g/mol. The van der Waals surface area contributed by atoms with Crippen LogP contribution in [0.2, 0.25) is 0 Å². The number of methoxy groups -OCH3 is 2. The average Bonchev–Trinajstić information content (AvgIpc) is 2.84. The minimum atomic E-state index is -0.987. The number of pyridine rings is 1. The van der Waals surface area contributed by atoms with Crippen LogP contribution in [0.1, 0.15) is 44.1 Å². The van der Waals surface area contributed by atoms with Crippen LogP contribution in [0, 0.1) is 5.92 Å². The molecule has 4 atom stereocenters. The summed E-state index contributed by atoms with van der Waals surface area (Å²) in [4.78, 5) is 29.2. The van der Waals surface area contributed by atoms with Crippen LogP contribution in [0.25, 0.3) is 0 Å². The van der Waals surface area contributed by atoms with Gasteiger partial charge in [-0.05, 0) is 38.8 Å². The third-order valence-corrected chi connectivity index (χ3v) is 5.49. The topological polar surface area (TPSA) is 116 Å². The fourth-order valence-electron chi connectivity index (χ4n) is 3.54. The second-order valence-corrected chi connectivity index (χ2v) is 7.89. The SMILES string of the molecule is CC[C@@H](CCOC)[C@@H](Oc1ccccc1)[C@H](C)OC(=O)[C@H](C)NC(=O)c1nccc(OC)c1O. The van der Waals surface area contributed by atoms with Crippen LogP contribution in [0.5, 0.6) is 17.2 Å². The largest absolute Gasteiger partial charge is 0.503 e. The molecule has 9 heteroatoms. The molecular formula is C25H34N2O7. The number of aromatic hydroxyl groups is 1. The fourth-order valence-corrected chi connectivity index (χ4v) is 3.54. The van der Waals surface area contributed by atoms with Crippen molar-refractivity contribution in [1.29, 1.82) is 0 Å². The molecule has 0 saturated heterocycles. The van der Waals surface area contributed by atoms with Gasteiger partial charge in [0.2, 0.25) is 0 Å². The van der Waals surface area contributed by atoms with Crippen molar-refractivity contribution in [2.24, 2.45) is 5.92 Å². The molecular weight excluding hydrogens is 440 g/mol. The Hall–Kier alpha value is -3.33. The first-order valence-electron chi connectivity index (χ1n) is 11.3. The maximum Gasteiger partial charge on any atom is 0.328 e. The molecule has 0 fully saturated rings. The van der Waals surface area contributed by atoms with Gasteiger partial charge >= 0.3 is 5.97 Å². The third kappa shape index (κ3) is 7.34. The molecule has 186 valence electrons. The van der Waals surface area contributed by atoms with E-state index >= 15 is 0 Å². The fraction of sp³-hybridized carbons (Fsp3) is 0.480. The van der Waals surface area contributed by atoms with Crippen molar-refractivity contribution in [2.45, 2.75) is 51.9 Å². The Bertz CT molecular complexity index is 923. The van der Waals surface area contributed by atoms with Crippen molar-refractivity contribution in [2.75, 3.05) is 20.8 Å². The molecule has 34 heavy (non-hydrogen) atoms. The van der Waals surface area contributed by atoms with Gasteiger partial charge in [-0.15, -0.1) is 0 Å². The van der Waals surface area contributed by atoms with Crippen molar-refractivity contribution >= 4 is 11.9 Å². The predicted molar refractivity (Wildman–Crippen MR) is 126 cm³/mol. The molecule has 9 nitrogen and oxygen atoms in total. The second kappa shape index (κ2) is 13.4. The molecule has 0 aliphatic carbocycles. The van der Waals surface area contributed by atoms with E-state index in [4.69, 9.17) is 18.9 Å². The quantitative estimate of drug-likeness (QED) is 0.425. The third-order valence-electron chi connectivity index (χ3n) is 5.49. The molecule has 2 rings (SSSR count). The van der Waals surface area contributed by atoms with E-state index in [0.29, 0.717) is 12.4 Å². The Morgan fingerprint density at radius 1 is 1.12 bits per heavy atom. The van der Waals surface area contributed by atoms with Crippen molar-refractivity contribution < 1.29 is 33.6 Å². The maximum absolute atomic E-state index is 12.8. The molecule has 1 aromatic carbocycles. The number of amides is 1. The molecule has 0 bridgehead atoms. The lowest BCUT2D eigenvalue weighted by atomic mass is 9.92. The van der Waals surface area contributed by atoms with Crippen LogP contribution < -0.4 is 14.8 Å². The number of hydrogen-bond acceptors (Lipinski definition) is 8. The second-order valence-electron chi connectivity index (χ2n) is 7.89. The molecule has 0 aliphatic rings. The molecule has 2 N–H and O–H groups in total. The number of carbonyl (C=O) groups is 2. The summed E-state index contributed by atoms with van der Waals surface area (Å²) in [5, 5.41) is 12.6. The van der Waals surface area contributed by atoms with Gasteiger partial charge in [-0.1, -0.05) is 25.1 Å². The van der Waals surface area contributed by atoms with E-state index < -0.39 is 35.9 Å². The Morgan fingerprint density at radius 3 is 2.44 bits per heavy atom. The average molecular weight is 475 g/mol. The molecule has 0 saturated carbocycles. The van der Waals surface area contributed by atoms with Crippen LogP contribution in [0.3, 0.4) is 0 Å². The van der Waals surface area contributed by atoms with Gasteiger partial charge in [-0.25, -0.2) is 9.78 Å². The smallest absolute Gasteiger partial charge is 0.328 e. The lowest BCUT2D eigenvalue weighted by molar-refractivity contribution is -0.156. The van der Waals surface area contributed by atoms with E-state index in [1.165, 1.54) is 26.3 Å². The zero-order valence-electron chi connectivity index (χ0n) is 20.3. The van der Waals surface area contributed by atoms with Gasteiger partial charge in [0.15, 0.2) is 17.2 Å². The zero-order valence-corrected chi connectivity index (χ0v) is 20.3. The summed E-state index contributed by atoms with van der Waals surface area (Å²) in [5.41, 5.74) is -0.247. The first-order valence-corrected chi connectivity index (χ1v) is 11.3. The zero-order chi connectivity index (χ0) is 25.1. The number of rotatable bonds is 13. The van der Waals surface area contributed by atoms with Gasteiger partial charge in [-0.2, -0.15) is 0 Å². The number of nitrogens with zero attached hydrogens (tertiary/aromatic N) is 1. The molecule has 0 unspecified atom stereocenters. The number of benzene rings is 1. The van der Waals surface area contributed by atoms with Crippen molar-refractivity contribution in [3.8, 4) is 17.2 Å². The molecule has 1 aromatic heterocycles. The summed E-state index contributed by atoms with van der Waals surface area (Å²) in [6.07, 6.45) is 1.85. The number of nitrogens with one attached hydrogen (secondary N) is 1. The normalized spacial score (nSPS) is 14.4. The van der Waals surface area contributed by atoms with E-state index in [1.807, 2.05) is 37.3 Å². The van der Waals surface area contributed by atoms with E-state index in [2.05, 4.69) is 10.3 Å². The highest BCUT2D eigenvalue weighted by Gasteiger charge is 2.32. The first kappa shape index (κ1) is 26.9. The predicted octanol–water partition coefficient (Wildman–Crippen LogP) is 3.36. The summed E-state index contributed by atoms with van der Waals surface area (Å²) < 4.78 is 22.1. The number of esters is 1. The Labute approximate surface area is 200 Å². The van der Waals surface area contributed by atoms with Crippen LogP contribution in [0.15, 0.2) is 42.6 Å². The van der Waals surface area contributed by atoms with E-state index in [1.54, 1.807) is 14.0 Å². The molecule has 0 spiro atoms. The van der Waals surface area contributed by atoms with Crippen molar-refractivity contribution in [3.05, 3.63) is 48.3 Å². The summed E-state index contributed by atoms with van der Waals surface area (Å²) in [7, 11) is 3.00. The molecule has 1 heterocycles. The number of aromatic nitrogens is 1. The molecule has 1 amide bonds. The van der Waals surface area contributed by atoms with E-state index in [-0.39, 0.29) is 17.4 Å². The highest BCUT2D eigenvalue weighted by Crippen LogP contribution is 2.28. The van der Waals surface area contributed by atoms with Crippen LogP contribution in [0.4, 0.5) is 0 Å².